The standard InChI is InChI=1S/C10H14ClNO/c1-7-3-4-9(11)8(10(7)13)5-6-12-2/h3-4,12-13H,5-6H2,1-2H3. The van der Waals surface area contributed by atoms with Gasteiger partial charge >= 0.3 is 0 Å². The fourth-order valence-electron chi connectivity index (χ4n) is 1.22. The Morgan fingerprint density at radius 3 is 2.77 bits per heavy atom. The average Bonchev–Trinajstić information content (AvgIpc) is 2.12. The molecule has 0 saturated carbocycles. The fourth-order valence-corrected chi connectivity index (χ4v) is 1.46. The van der Waals surface area contributed by atoms with Crippen LogP contribution in [-0.4, -0.2) is 18.7 Å². The van der Waals surface area contributed by atoms with E-state index < -0.39 is 0 Å². The lowest BCUT2D eigenvalue weighted by atomic mass is 10.1. The molecule has 0 bridgehead atoms. The van der Waals surface area contributed by atoms with Crippen LogP contribution in [0.5, 0.6) is 5.75 Å². The molecule has 0 fully saturated rings. The minimum absolute atomic E-state index is 0.322. The van der Waals surface area contributed by atoms with E-state index in [0.29, 0.717) is 10.8 Å². The predicted octanol–water partition coefficient (Wildman–Crippen LogP) is 2.12. The number of likely N-dealkylation sites (N-methyl/N-ethyl adjacent to an activating group) is 1. The number of halogens is 1. The number of rotatable bonds is 3. The van der Waals surface area contributed by atoms with Crippen LogP contribution in [0.15, 0.2) is 12.1 Å². The predicted molar refractivity (Wildman–Crippen MR) is 55.5 cm³/mol. The molecule has 0 radical (unpaired) electrons. The van der Waals surface area contributed by atoms with Crippen molar-refractivity contribution in [1.29, 1.82) is 0 Å². The summed E-state index contributed by atoms with van der Waals surface area (Å²) in [6.07, 6.45) is 0.753. The van der Waals surface area contributed by atoms with Gasteiger partial charge in [-0.15, -0.1) is 0 Å². The van der Waals surface area contributed by atoms with Gasteiger partial charge < -0.3 is 10.4 Å². The third kappa shape index (κ3) is 2.36. The zero-order valence-electron chi connectivity index (χ0n) is 7.89. The molecular weight excluding hydrogens is 186 g/mol. The Morgan fingerprint density at radius 2 is 2.15 bits per heavy atom. The van der Waals surface area contributed by atoms with Crippen molar-refractivity contribution in [3.05, 3.63) is 28.3 Å². The lowest BCUT2D eigenvalue weighted by molar-refractivity contribution is 0.463. The Hall–Kier alpha value is -0.730. The van der Waals surface area contributed by atoms with Gasteiger partial charge in [0.1, 0.15) is 5.75 Å². The van der Waals surface area contributed by atoms with Crippen LogP contribution in [0.4, 0.5) is 0 Å². The van der Waals surface area contributed by atoms with Gasteiger partial charge in [-0.25, -0.2) is 0 Å². The minimum Gasteiger partial charge on any atom is -0.507 e. The molecule has 13 heavy (non-hydrogen) atoms. The molecule has 1 aromatic rings. The van der Waals surface area contributed by atoms with Gasteiger partial charge in [-0.1, -0.05) is 17.7 Å². The van der Waals surface area contributed by atoms with Crippen molar-refractivity contribution in [3.8, 4) is 5.75 Å². The smallest absolute Gasteiger partial charge is 0.123 e. The van der Waals surface area contributed by atoms with Crippen LogP contribution in [0.25, 0.3) is 0 Å². The zero-order valence-corrected chi connectivity index (χ0v) is 8.65. The van der Waals surface area contributed by atoms with E-state index >= 15 is 0 Å². The summed E-state index contributed by atoms with van der Waals surface area (Å²) in [5.41, 5.74) is 1.70. The zero-order chi connectivity index (χ0) is 9.84. The molecule has 0 atom stereocenters. The van der Waals surface area contributed by atoms with E-state index in [2.05, 4.69) is 5.32 Å². The molecule has 2 N–H and O–H groups in total. The molecule has 0 aliphatic heterocycles. The first kappa shape index (κ1) is 10.4. The molecule has 1 aromatic carbocycles. The van der Waals surface area contributed by atoms with Gasteiger partial charge in [-0.05, 0) is 38.6 Å². The third-order valence-corrected chi connectivity index (χ3v) is 2.41. The Labute approximate surface area is 83.5 Å². The summed E-state index contributed by atoms with van der Waals surface area (Å²) in [4.78, 5) is 0. The topological polar surface area (TPSA) is 32.3 Å². The maximum absolute atomic E-state index is 9.69. The van der Waals surface area contributed by atoms with Crippen molar-refractivity contribution < 1.29 is 5.11 Å². The normalized spacial score (nSPS) is 10.4. The van der Waals surface area contributed by atoms with Crippen LogP contribution >= 0.6 is 11.6 Å². The van der Waals surface area contributed by atoms with E-state index in [0.717, 1.165) is 24.1 Å². The molecule has 0 unspecified atom stereocenters. The van der Waals surface area contributed by atoms with Crippen molar-refractivity contribution in [3.63, 3.8) is 0 Å². The summed E-state index contributed by atoms with van der Waals surface area (Å²) in [6.45, 7) is 2.69. The lowest BCUT2D eigenvalue weighted by Crippen LogP contribution is -2.10. The Morgan fingerprint density at radius 1 is 1.46 bits per heavy atom. The molecule has 72 valence electrons. The van der Waals surface area contributed by atoms with Gasteiger partial charge in [-0.2, -0.15) is 0 Å². The number of phenols is 1. The van der Waals surface area contributed by atoms with Gasteiger partial charge in [0.25, 0.3) is 0 Å². The number of aryl methyl sites for hydroxylation is 1. The first-order valence-corrected chi connectivity index (χ1v) is 4.66. The summed E-state index contributed by atoms with van der Waals surface area (Å²) in [6, 6.07) is 3.64. The minimum atomic E-state index is 0.322. The van der Waals surface area contributed by atoms with Gasteiger partial charge in [0.05, 0.1) is 0 Å². The van der Waals surface area contributed by atoms with Crippen molar-refractivity contribution in [2.45, 2.75) is 13.3 Å². The van der Waals surface area contributed by atoms with E-state index in [1.54, 1.807) is 0 Å². The second-order valence-corrected chi connectivity index (χ2v) is 3.45. The second kappa shape index (κ2) is 4.49. The van der Waals surface area contributed by atoms with Gasteiger partial charge in [-0.3, -0.25) is 0 Å². The molecule has 0 amide bonds. The molecule has 2 nitrogen and oxygen atoms in total. The van der Waals surface area contributed by atoms with Crippen LogP contribution in [0.2, 0.25) is 5.02 Å². The first-order chi connectivity index (χ1) is 6.16. The SMILES string of the molecule is CNCCc1c(Cl)ccc(C)c1O. The molecule has 0 spiro atoms. The maximum Gasteiger partial charge on any atom is 0.123 e. The summed E-state index contributed by atoms with van der Waals surface area (Å²) < 4.78 is 0. The molecule has 0 aliphatic carbocycles. The van der Waals surface area contributed by atoms with E-state index in [9.17, 15) is 5.11 Å². The highest BCUT2D eigenvalue weighted by atomic mass is 35.5. The Kier molecular flexibility index (Phi) is 3.58. The molecule has 0 aliphatic rings. The highest BCUT2D eigenvalue weighted by molar-refractivity contribution is 6.31. The highest BCUT2D eigenvalue weighted by Crippen LogP contribution is 2.28. The first-order valence-electron chi connectivity index (χ1n) is 4.28. The van der Waals surface area contributed by atoms with E-state index in [1.807, 2.05) is 26.1 Å². The summed E-state index contributed by atoms with van der Waals surface area (Å²) in [7, 11) is 1.88. The summed E-state index contributed by atoms with van der Waals surface area (Å²) in [5.74, 6) is 0.322. The van der Waals surface area contributed by atoms with Gasteiger partial charge in [0, 0.05) is 10.6 Å². The number of aromatic hydroxyl groups is 1. The van der Waals surface area contributed by atoms with Crippen molar-refractivity contribution in [2.24, 2.45) is 0 Å². The van der Waals surface area contributed by atoms with Crippen molar-refractivity contribution >= 4 is 11.6 Å². The Balaban J connectivity index is 2.96. The van der Waals surface area contributed by atoms with Crippen LogP contribution in [0, 0.1) is 6.92 Å². The Bertz CT molecular complexity index is 299. The molecule has 0 saturated heterocycles. The number of hydrogen-bond donors (Lipinski definition) is 2. The van der Waals surface area contributed by atoms with Crippen LogP contribution < -0.4 is 5.32 Å². The molecule has 0 heterocycles. The lowest BCUT2D eigenvalue weighted by Gasteiger charge is -2.08. The third-order valence-electron chi connectivity index (χ3n) is 2.05. The van der Waals surface area contributed by atoms with E-state index in [-0.39, 0.29) is 0 Å². The monoisotopic (exact) mass is 199 g/mol. The largest absolute Gasteiger partial charge is 0.507 e. The number of benzene rings is 1. The van der Waals surface area contributed by atoms with Crippen LogP contribution in [-0.2, 0) is 6.42 Å². The molecule has 0 aromatic heterocycles. The van der Waals surface area contributed by atoms with Crippen molar-refractivity contribution in [1.82, 2.24) is 5.32 Å². The van der Waals surface area contributed by atoms with E-state index in [1.165, 1.54) is 0 Å². The van der Waals surface area contributed by atoms with E-state index in [4.69, 9.17) is 11.6 Å². The second-order valence-electron chi connectivity index (χ2n) is 3.04. The number of phenolic OH excluding ortho intramolecular Hbond substituents is 1. The number of hydrogen-bond acceptors (Lipinski definition) is 2. The summed E-state index contributed by atoms with van der Waals surface area (Å²) >= 11 is 5.95. The fraction of sp³-hybridized carbons (Fsp3) is 0.400. The van der Waals surface area contributed by atoms with Gasteiger partial charge in [0.15, 0.2) is 0 Å². The highest BCUT2D eigenvalue weighted by Gasteiger charge is 2.07. The molecule has 3 heteroatoms. The quantitative estimate of drug-likeness (QED) is 0.782. The maximum atomic E-state index is 9.69. The molecule has 1 rings (SSSR count). The van der Waals surface area contributed by atoms with Gasteiger partial charge in [0.2, 0.25) is 0 Å². The van der Waals surface area contributed by atoms with Crippen LogP contribution in [0.1, 0.15) is 11.1 Å². The van der Waals surface area contributed by atoms with Crippen molar-refractivity contribution in [2.75, 3.05) is 13.6 Å². The molecular formula is C10H14ClNO. The number of nitrogens with one attached hydrogen (secondary N) is 1. The summed E-state index contributed by atoms with van der Waals surface area (Å²) in [5, 5.41) is 13.4. The average molecular weight is 200 g/mol. The van der Waals surface area contributed by atoms with Crippen LogP contribution in [0.3, 0.4) is 0 Å².